The molecule has 114 valence electrons. The van der Waals surface area contributed by atoms with Gasteiger partial charge in [-0.25, -0.2) is 4.98 Å². The maximum absolute atomic E-state index is 5.51. The Morgan fingerprint density at radius 2 is 1.86 bits per heavy atom. The third kappa shape index (κ3) is 3.22. The maximum atomic E-state index is 5.51. The Bertz CT molecular complexity index is 743. The highest BCUT2D eigenvalue weighted by molar-refractivity contribution is 7.98. The molecule has 0 unspecified atom stereocenters. The summed E-state index contributed by atoms with van der Waals surface area (Å²) >= 11 is 1.45. The molecule has 2 heterocycles. The van der Waals surface area contributed by atoms with Crippen molar-refractivity contribution >= 4 is 11.8 Å². The minimum Gasteiger partial charge on any atom is -0.437 e. The molecule has 2 aromatic heterocycles. The van der Waals surface area contributed by atoms with Crippen LogP contribution in [-0.4, -0.2) is 15.1 Å². The highest BCUT2D eigenvalue weighted by atomic mass is 32.2. The molecule has 22 heavy (non-hydrogen) atoms. The van der Waals surface area contributed by atoms with Gasteiger partial charge in [-0.15, -0.1) is 0 Å². The number of thioether (sulfide) groups is 1. The highest BCUT2D eigenvalue weighted by Crippen LogP contribution is 2.24. The van der Waals surface area contributed by atoms with E-state index in [1.54, 1.807) is 0 Å². The molecule has 6 heteroatoms. The molecule has 0 bridgehead atoms. The number of aryl methyl sites for hydroxylation is 3. The standard InChI is InChI=1S/C16H17N3O2S/c1-4-12-5-7-13(8-6-12)15-18-14(21-19-15)9-22-16-17-10(2)11(3)20-16/h5-8H,4,9H2,1-3H3. The minimum atomic E-state index is 0.541. The number of hydrogen-bond donors (Lipinski definition) is 0. The molecule has 0 aliphatic rings. The van der Waals surface area contributed by atoms with Gasteiger partial charge in [0.1, 0.15) is 5.76 Å². The van der Waals surface area contributed by atoms with Gasteiger partial charge in [-0.05, 0) is 25.8 Å². The fourth-order valence-electron chi connectivity index (χ4n) is 1.95. The van der Waals surface area contributed by atoms with Crippen LogP contribution in [0.4, 0.5) is 0 Å². The number of aromatic nitrogens is 3. The van der Waals surface area contributed by atoms with Gasteiger partial charge in [0.2, 0.25) is 11.7 Å². The quantitative estimate of drug-likeness (QED) is 0.658. The van der Waals surface area contributed by atoms with Gasteiger partial charge in [-0.2, -0.15) is 4.98 Å². The number of nitrogens with zero attached hydrogens (tertiary/aromatic N) is 3. The zero-order valence-electron chi connectivity index (χ0n) is 12.8. The number of benzene rings is 1. The van der Waals surface area contributed by atoms with Crippen molar-refractivity contribution in [1.29, 1.82) is 0 Å². The average Bonchev–Trinajstić information content (AvgIpc) is 3.13. The largest absolute Gasteiger partial charge is 0.437 e. The molecular weight excluding hydrogens is 298 g/mol. The molecule has 0 saturated carbocycles. The Morgan fingerprint density at radius 1 is 1.09 bits per heavy atom. The highest BCUT2D eigenvalue weighted by Gasteiger charge is 2.12. The molecule has 3 rings (SSSR count). The first kappa shape index (κ1) is 14.8. The second kappa shape index (κ2) is 6.36. The summed E-state index contributed by atoms with van der Waals surface area (Å²) in [5.74, 6) is 2.55. The van der Waals surface area contributed by atoms with Gasteiger partial charge in [0.05, 0.1) is 11.4 Å². The van der Waals surface area contributed by atoms with Crippen molar-refractivity contribution in [1.82, 2.24) is 15.1 Å². The van der Waals surface area contributed by atoms with Crippen LogP contribution in [0.1, 0.15) is 29.8 Å². The topological polar surface area (TPSA) is 65.0 Å². The van der Waals surface area contributed by atoms with Gasteiger partial charge in [0.25, 0.3) is 5.22 Å². The fourth-order valence-corrected chi connectivity index (χ4v) is 2.70. The van der Waals surface area contributed by atoms with Crippen LogP contribution in [0.2, 0.25) is 0 Å². The lowest BCUT2D eigenvalue weighted by Crippen LogP contribution is -1.84. The van der Waals surface area contributed by atoms with E-state index in [1.165, 1.54) is 17.3 Å². The third-order valence-electron chi connectivity index (χ3n) is 3.42. The SMILES string of the molecule is CCc1ccc(-c2noc(CSc3nc(C)c(C)o3)n2)cc1. The summed E-state index contributed by atoms with van der Waals surface area (Å²) in [6.45, 7) is 5.95. The van der Waals surface area contributed by atoms with E-state index in [-0.39, 0.29) is 0 Å². The molecule has 0 radical (unpaired) electrons. The summed E-state index contributed by atoms with van der Waals surface area (Å²) in [7, 11) is 0. The van der Waals surface area contributed by atoms with E-state index in [2.05, 4.69) is 34.2 Å². The first-order valence-electron chi connectivity index (χ1n) is 7.14. The summed E-state index contributed by atoms with van der Waals surface area (Å²) < 4.78 is 10.8. The zero-order chi connectivity index (χ0) is 15.5. The molecular formula is C16H17N3O2S. The number of hydrogen-bond acceptors (Lipinski definition) is 6. The van der Waals surface area contributed by atoms with E-state index in [9.17, 15) is 0 Å². The molecule has 0 fully saturated rings. The molecule has 0 N–H and O–H groups in total. The minimum absolute atomic E-state index is 0.541. The van der Waals surface area contributed by atoms with E-state index >= 15 is 0 Å². The van der Waals surface area contributed by atoms with Gasteiger partial charge < -0.3 is 8.94 Å². The van der Waals surface area contributed by atoms with Crippen molar-refractivity contribution in [3.8, 4) is 11.4 Å². The second-order valence-corrected chi connectivity index (χ2v) is 5.90. The average molecular weight is 315 g/mol. The lowest BCUT2D eigenvalue weighted by Gasteiger charge is -1.97. The Hall–Kier alpha value is -2.08. The molecule has 3 aromatic rings. The van der Waals surface area contributed by atoms with Crippen LogP contribution in [-0.2, 0) is 12.2 Å². The Kier molecular flexibility index (Phi) is 4.29. The van der Waals surface area contributed by atoms with Crippen molar-refractivity contribution < 1.29 is 8.94 Å². The normalized spacial score (nSPS) is 11.0. The van der Waals surface area contributed by atoms with E-state index in [4.69, 9.17) is 8.94 Å². The summed E-state index contributed by atoms with van der Waals surface area (Å²) in [5.41, 5.74) is 3.16. The summed E-state index contributed by atoms with van der Waals surface area (Å²) in [6.07, 6.45) is 1.02. The van der Waals surface area contributed by atoms with Crippen LogP contribution in [0.25, 0.3) is 11.4 Å². The molecule has 1 aromatic carbocycles. The first-order valence-corrected chi connectivity index (χ1v) is 8.13. The van der Waals surface area contributed by atoms with Gasteiger partial charge in [0, 0.05) is 5.56 Å². The van der Waals surface area contributed by atoms with Crippen LogP contribution in [0.15, 0.2) is 38.4 Å². The molecule has 0 aliphatic carbocycles. The Labute approximate surface area is 133 Å². The van der Waals surface area contributed by atoms with Crippen LogP contribution in [0.5, 0.6) is 0 Å². The van der Waals surface area contributed by atoms with Gasteiger partial charge in [-0.3, -0.25) is 0 Å². The zero-order valence-corrected chi connectivity index (χ0v) is 13.6. The third-order valence-corrected chi connectivity index (χ3v) is 4.23. The predicted octanol–water partition coefficient (Wildman–Crippen LogP) is 4.20. The van der Waals surface area contributed by atoms with E-state index in [1.807, 2.05) is 26.0 Å². The van der Waals surface area contributed by atoms with Crippen LogP contribution >= 0.6 is 11.8 Å². The van der Waals surface area contributed by atoms with Gasteiger partial charge >= 0.3 is 0 Å². The van der Waals surface area contributed by atoms with E-state index in [0.717, 1.165) is 23.4 Å². The summed E-state index contributed by atoms with van der Waals surface area (Å²) in [6, 6.07) is 8.19. The van der Waals surface area contributed by atoms with E-state index < -0.39 is 0 Å². The van der Waals surface area contributed by atoms with Crippen molar-refractivity contribution in [2.45, 2.75) is 38.2 Å². The smallest absolute Gasteiger partial charge is 0.256 e. The molecule has 0 spiro atoms. The Balaban J connectivity index is 1.67. The lowest BCUT2D eigenvalue weighted by atomic mass is 10.1. The molecule has 5 nitrogen and oxygen atoms in total. The molecule has 0 saturated heterocycles. The number of rotatable bonds is 5. The molecule has 0 atom stereocenters. The van der Waals surface area contributed by atoms with Crippen molar-refractivity contribution in [2.24, 2.45) is 0 Å². The molecule has 0 amide bonds. The van der Waals surface area contributed by atoms with E-state index in [0.29, 0.717) is 22.7 Å². The lowest BCUT2D eigenvalue weighted by molar-refractivity contribution is 0.390. The fraction of sp³-hybridized carbons (Fsp3) is 0.312. The molecule has 0 aliphatic heterocycles. The predicted molar refractivity (Wildman–Crippen MR) is 84.7 cm³/mol. The first-order chi connectivity index (χ1) is 10.7. The van der Waals surface area contributed by atoms with Crippen LogP contribution in [0, 0.1) is 13.8 Å². The van der Waals surface area contributed by atoms with Gasteiger partial charge in [-0.1, -0.05) is 48.1 Å². The Morgan fingerprint density at radius 3 is 2.50 bits per heavy atom. The van der Waals surface area contributed by atoms with Crippen molar-refractivity contribution in [3.05, 3.63) is 47.2 Å². The van der Waals surface area contributed by atoms with Crippen LogP contribution in [0.3, 0.4) is 0 Å². The summed E-state index contributed by atoms with van der Waals surface area (Å²) in [5, 5.41) is 4.65. The maximum Gasteiger partial charge on any atom is 0.256 e. The monoisotopic (exact) mass is 315 g/mol. The summed E-state index contributed by atoms with van der Waals surface area (Å²) in [4.78, 5) is 8.73. The second-order valence-electron chi connectivity index (χ2n) is 4.97. The van der Waals surface area contributed by atoms with Crippen LogP contribution < -0.4 is 0 Å². The number of oxazole rings is 1. The van der Waals surface area contributed by atoms with Crippen molar-refractivity contribution in [3.63, 3.8) is 0 Å². The van der Waals surface area contributed by atoms with Gasteiger partial charge in [0.15, 0.2) is 0 Å². The van der Waals surface area contributed by atoms with Crippen molar-refractivity contribution in [2.75, 3.05) is 0 Å².